The van der Waals surface area contributed by atoms with Crippen molar-refractivity contribution in [3.8, 4) is 0 Å². The first-order valence-electron chi connectivity index (χ1n) is 7.26. The molecule has 1 rings (SSSR count). The lowest BCUT2D eigenvalue weighted by Gasteiger charge is -1.82. The van der Waals surface area contributed by atoms with Crippen LogP contribution in [-0.4, -0.2) is 34.5 Å². The van der Waals surface area contributed by atoms with Crippen molar-refractivity contribution in [1.29, 1.82) is 0 Å². The summed E-state index contributed by atoms with van der Waals surface area (Å²) in [5, 5.41) is 15.6. The Bertz CT molecular complexity index is 309. The Morgan fingerprint density at radius 1 is 0.955 bits per heavy atom. The van der Waals surface area contributed by atoms with Crippen molar-refractivity contribution in [2.24, 2.45) is 0 Å². The number of ketones is 2. The van der Waals surface area contributed by atoms with E-state index in [2.05, 4.69) is 19.1 Å². The molecule has 0 spiro atoms. The van der Waals surface area contributed by atoms with Gasteiger partial charge in [0, 0.05) is 12.7 Å². The molecular weight excluding hydrogens is 280 g/mol. The van der Waals surface area contributed by atoms with Crippen LogP contribution in [-0.2, 0) is 9.59 Å². The minimum Gasteiger partial charge on any atom is -0.397 e. The quantitative estimate of drug-likeness (QED) is 0.767. The smallest absolute Gasteiger partial charge is 0.126 e. The summed E-state index contributed by atoms with van der Waals surface area (Å²) < 4.78 is 0. The minimum atomic E-state index is -0.167. The predicted octanol–water partition coefficient (Wildman–Crippen LogP) is 3.57. The zero-order valence-corrected chi connectivity index (χ0v) is 15.4. The number of aliphatic hydroxyl groups excluding tert-OH is 2. The van der Waals surface area contributed by atoms with Gasteiger partial charge >= 0.3 is 0 Å². The number of rotatable bonds is 0. The first-order valence-corrected chi connectivity index (χ1v) is 7.26. The van der Waals surface area contributed by atoms with Crippen LogP contribution in [0.4, 0.5) is 0 Å². The maximum atomic E-state index is 9.44. The van der Waals surface area contributed by atoms with E-state index in [1.165, 1.54) is 33.3 Å². The zero-order chi connectivity index (χ0) is 18.6. The highest BCUT2D eigenvalue weighted by atomic mass is 16.3. The number of carbonyl (C=O) groups is 2. The Morgan fingerprint density at radius 2 is 1.14 bits per heavy atom. The topological polar surface area (TPSA) is 74.6 Å². The van der Waals surface area contributed by atoms with Gasteiger partial charge in [-0.25, -0.2) is 0 Å². The van der Waals surface area contributed by atoms with E-state index in [1.54, 1.807) is 20.8 Å². The average Bonchev–Trinajstić information content (AvgIpc) is 2.28. The Morgan fingerprint density at radius 3 is 1.23 bits per heavy atom. The third-order valence-electron chi connectivity index (χ3n) is 0.940. The molecule has 4 heteroatoms. The molecule has 0 atom stereocenters. The summed E-state index contributed by atoms with van der Waals surface area (Å²) >= 11 is 0. The summed E-state index contributed by atoms with van der Waals surface area (Å²) in [6, 6.07) is 10.3. The number of Topliss-reactive ketones (excluding diaryl/α,β-unsaturated/α-hetero) is 2. The molecular formula is C18H34O4. The molecule has 0 saturated heterocycles. The number of aryl methyl sites for hydroxylation is 1. The SMILES string of the molecule is CC(C)=O.CC(C)=O.CC(C)O.CCO.Cc1ccccc1. The number of carbonyl (C=O) groups excluding carboxylic acids is 2. The first-order chi connectivity index (χ1) is 10.0. The predicted molar refractivity (Wildman–Crippen MR) is 94.0 cm³/mol. The van der Waals surface area contributed by atoms with Crippen LogP contribution < -0.4 is 0 Å². The van der Waals surface area contributed by atoms with Gasteiger partial charge in [-0.3, -0.25) is 0 Å². The molecule has 0 aliphatic rings. The molecule has 0 bridgehead atoms. The van der Waals surface area contributed by atoms with E-state index in [0.717, 1.165) is 0 Å². The van der Waals surface area contributed by atoms with Crippen LogP contribution in [0.2, 0.25) is 0 Å². The molecule has 130 valence electrons. The van der Waals surface area contributed by atoms with Crippen molar-refractivity contribution < 1.29 is 19.8 Å². The molecule has 0 aliphatic heterocycles. The van der Waals surface area contributed by atoms with Crippen LogP contribution in [0.25, 0.3) is 0 Å². The summed E-state index contributed by atoms with van der Waals surface area (Å²) in [6.07, 6.45) is -0.167. The lowest BCUT2D eigenvalue weighted by Crippen LogP contribution is -1.85. The van der Waals surface area contributed by atoms with Crippen molar-refractivity contribution in [3.05, 3.63) is 35.9 Å². The second-order valence-corrected chi connectivity index (χ2v) is 4.88. The second kappa shape index (κ2) is 24.5. The van der Waals surface area contributed by atoms with Gasteiger partial charge in [-0.05, 0) is 55.4 Å². The third-order valence-corrected chi connectivity index (χ3v) is 0.940. The minimum absolute atomic E-state index is 0.167. The van der Waals surface area contributed by atoms with E-state index in [4.69, 9.17) is 10.2 Å². The monoisotopic (exact) mass is 314 g/mol. The van der Waals surface area contributed by atoms with Gasteiger partial charge in [-0.15, -0.1) is 0 Å². The summed E-state index contributed by atoms with van der Waals surface area (Å²) in [7, 11) is 0. The number of benzene rings is 1. The Balaban J connectivity index is -0.0000000965. The molecule has 1 aromatic carbocycles. The Labute approximate surface area is 136 Å². The van der Waals surface area contributed by atoms with Crippen molar-refractivity contribution in [2.45, 2.75) is 61.5 Å². The van der Waals surface area contributed by atoms with Crippen molar-refractivity contribution in [1.82, 2.24) is 0 Å². The van der Waals surface area contributed by atoms with Gasteiger partial charge in [-0.1, -0.05) is 35.9 Å². The van der Waals surface area contributed by atoms with E-state index >= 15 is 0 Å². The summed E-state index contributed by atoms with van der Waals surface area (Å²) in [5.41, 5.74) is 1.32. The lowest BCUT2D eigenvalue weighted by molar-refractivity contribution is -0.115. The van der Waals surface area contributed by atoms with Gasteiger partial charge in [0.05, 0.1) is 0 Å². The maximum Gasteiger partial charge on any atom is 0.126 e. The first kappa shape index (κ1) is 28.6. The zero-order valence-electron chi connectivity index (χ0n) is 15.4. The van der Waals surface area contributed by atoms with Crippen molar-refractivity contribution in [3.63, 3.8) is 0 Å². The second-order valence-electron chi connectivity index (χ2n) is 4.88. The number of hydrogen-bond acceptors (Lipinski definition) is 4. The molecule has 22 heavy (non-hydrogen) atoms. The van der Waals surface area contributed by atoms with Gasteiger partial charge in [-0.2, -0.15) is 0 Å². The van der Waals surface area contributed by atoms with Gasteiger partial charge in [0.15, 0.2) is 0 Å². The van der Waals surface area contributed by atoms with Crippen LogP contribution >= 0.6 is 0 Å². The molecule has 4 nitrogen and oxygen atoms in total. The van der Waals surface area contributed by atoms with Crippen LogP contribution in [0.5, 0.6) is 0 Å². The fraction of sp³-hybridized carbons (Fsp3) is 0.556. The molecule has 1 aromatic rings. The Hall–Kier alpha value is -1.52. The fourth-order valence-electron chi connectivity index (χ4n) is 0.534. The number of hydrogen-bond donors (Lipinski definition) is 2. The third kappa shape index (κ3) is 134. The van der Waals surface area contributed by atoms with E-state index < -0.39 is 0 Å². The molecule has 0 fully saturated rings. The van der Waals surface area contributed by atoms with Gasteiger partial charge < -0.3 is 19.8 Å². The van der Waals surface area contributed by atoms with Crippen LogP contribution in [0.3, 0.4) is 0 Å². The molecule has 0 amide bonds. The van der Waals surface area contributed by atoms with E-state index in [9.17, 15) is 9.59 Å². The lowest BCUT2D eigenvalue weighted by atomic mass is 10.2. The molecule has 0 aliphatic carbocycles. The molecule has 2 N–H and O–H groups in total. The van der Waals surface area contributed by atoms with Crippen LogP contribution in [0.15, 0.2) is 30.3 Å². The standard InChI is InChI=1S/C7H8.C3H8O.2C3H6O.C2H6O/c1-7-5-3-2-4-6-7;3*1-3(2)4;1-2-3/h2-6H,1H3;3-4H,1-2H3;2*1-2H3;3H,2H2,1H3. The Kier molecular flexibility index (Phi) is 31.9. The summed E-state index contributed by atoms with van der Waals surface area (Å²) in [6.45, 7) is 13.6. The van der Waals surface area contributed by atoms with Crippen molar-refractivity contribution >= 4 is 11.6 Å². The molecule has 0 aromatic heterocycles. The van der Waals surface area contributed by atoms with Gasteiger partial charge in [0.1, 0.15) is 11.6 Å². The molecule has 0 unspecified atom stereocenters. The van der Waals surface area contributed by atoms with E-state index in [-0.39, 0.29) is 24.3 Å². The summed E-state index contributed by atoms with van der Waals surface area (Å²) in [4.78, 5) is 18.9. The summed E-state index contributed by atoms with van der Waals surface area (Å²) in [5.74, 6) is 0.333. The molecule has 0 saturated carbocycles. The molecule has 0 radical (unpaired) electrons. The normalized spacial score (nSPS) is 7.59. The maximum absolute atomic E-state index is 9.44. The highest BCUT2D eigenvalue weighted by Gasteiger charge is 1.72. The average molecular weight is 314 g/mol. The van der Waals surface area contributed by atoms with Gasteiger partial charge in [0.25, 0.3) is 0 Å². The van der Waals surface area contributed by atoms with Crippen LogP contribution in [0, 0.1) is 6.92 Å². The van der Waals surface area contributed by atoms with Crippen LogP contribution in [0.1, 0.15) is 54.0 Å². The van der Waals surface area contributed by atoms with Crippen molar-refractivity contribution in [2.75, 3.05) is 6.61 Å². The van der Waals surface area contributed by atoms with E-state index in [1.807, 2.05) is 18.2 Å². The van der Waals surface area contributed by atoms with Gasteiger partial charge in [0.2, 0.25) is 0 Å². The van der Waals surface area contributed by atoms with E-state index in [0.29, 0.717) is 0 Å². The highest BCUT2D eigenvalue weighted by Crippen LogP contribution is 1.92. The largest absolute Gasteiger partial charge is 0.397 e. The number of aliphatic hydroxyl groups is 2. The highest BCUT2D eigenvalue weighted by molar-refractivity contribution is 5.72. The molecule has 0 heterocycles. The fourth-order valence-corrected chi connectivity index (χ4v) is 0.534.